The first-order valence-corrected chi connectivity index (χ1v) is 7.51. The van der Waals surface area contributed by atoms with Crippen molar-refractivity contribution in [2.24, 2.45) is 0 Å². The van der Waals surface area contributed by atoms with E-state index in [1.807, 2.05) is 5.01 Å². The van der Waals surface area contributed by atoms with Gasteiger partial charge in [-0.2, -0.15) is 0 Å². The van der Waals surface area contributed by atoms with Gasteiger partial charge in [0.1, 0.15) is 5.58 Å². The van der Waals surface area contributed by atoms with Crippen molar-refractivity contribution < 1.29 is 14.1 Å². The zero-order valence-electron chi connectivity index (χ0n) is 12.2. The van der Waals surface area contributed by atoms with Crippen LogP contribution < -0.4 is 15.8 Å². The molecule has 1 fully saturated rings. The van der Waals surface area contributed by atoms with Crippen LogP contribution in [0.2, 0.25) is 5.02 Å². The quantitative estimate of drug-likeness (QED) is 0.812. The summed E-state index contributed by atoms with van der Waals surface area (Å²) in [5, 5.41) is 2.67. The van der Waals surface area contributed by atoms with Gasteiger partial charge < -0.3 is 9.32 Å². The zero-order chi connectivity index (χ0) is 15.7. The Morgan fingerprint density at radius 2 is 2.05 bits per heavy atom. The van der Waals surface area contributed by atoms with E-state index in [-0.39, 0.29) is 11.2 Å². The lowest BCUT2D eigenvalue weighted by Gasteiger charge is -2.29. The molecule has 1 aromatic carbocycles. The Morgan fingerprint density at radius 3 is 2.77 bits per heavy atom. The van der Waals surface area contributed by atoms with Crippen LogP contribution in [0.3, 0.4) is 0 Å². The predicted molar refractivity (Wildman–Crippen MR) is 83.2 cm³/mol. The monoisotopic (exact) mass is 322 g/mol. The van der Waals surface area contributed by atoms with Gasteiger partial charge in [-0.3, -0.25) is 15.0 Å². The molecule has 6 nitrogen and oxygen atoms in total. The van der Waals surface area contributed by atoms with Crippen molar-refractivity contribution in [1.82, 2.24) is 10.4 Å². The number of rotatable bonds is 2. The molecule has 3 rings (SSSR count). The summed E-state index contributed by atoms with van der Waals surface area (Å²) in [5.41, 5.74) is 2.85. The molecule has 2 N–H and O–H groups in total. The lowest BCUT2D eigenvalue weighted by molar-refractivity contribution is -0.884. The first kappa shape index (κ1) is 15.0. The number of fused-ring (bicyclic) bond motifs is 1. The summed E-state index contributed by atoms with van der Waals surface area (Å²) in [5.74, 6) is -0.403. The largest absolute Gasteiger partial charge is 0.451 e. The van der Waals surface area contributed by atoms with Crippen LogP contribution in [-0.4, -0.2) is 44.1 Å². The highest BCUT2D eigenvalue weighted by atomic mass is 35.5. The number of hydrogen-bond acceptors (Lipinski definition) is 4. The number of likely N-dealkylation sites (N-methyl/N-ethyl adjacent to an activating group) is 1. The van der Waals surface area contributed by atoms with Crippen molar-refractivity contribution in [3.8, 4) is 0 Å². The highest BCUT2D eigenvalue weighted by Gasteiger charge is 2.20. The van der Waals surface area contributed by atoms with E-state index in [9.17, 15) is 9.59 Å². The number of amides is 1. The Hall–Kier alpha value is -1.89. The molecule has 0 atom stereocenters. The Bertz CT molecular complexity index is 766. The average Bonchev–Trinajstić information content (AvgIpc) is 2.50. The fraction of sp³-hybridized carbons (Fsp3) is 0.333. The number of benzene rings is 1. The minimum atomic E-state index is -0.409. The second-order valence-electron chi connectivity index (χ2n) is 5.50. The number of nitrogens with one attached hydrogen (secondary N) is 2. The third-order valence-electron chi connectivity index (χ3n) is 3.79. The average molecular weight is 323 g/mol. The molecule has 1 amide bonds. The highest BCUT2D eigenvalue weighted by Crippen LogP contribution is 2.17. The number of quaternary nitrogens is 1. The van der Waals surface area contributed by atoms with Crippen LogP contribution in [0.15, 0.2) is 33.5 Å². The maximum absolute atomic E-state index is 12.2. The van der Waals surface area contributed by atoms with Gasteiger partial charge in [0, 0.05) is 11.1 Å². The molecule has 0 saturated carbocycles. The highest BCUT2D eigenvalue weighted by molar-refractivity contribution is 6.31. The van der Waals surface area contributed by atoms with Crippen LogP contribution in [0.25, 0.3) is 11.0 Å². The molecule has 2 aromatic rings. The Morgan fingerprint density at radius 1 is 1.32 bits per heavy atom. The van der Waals surface area contributed by atoms with Crippen LogP contribution in [0.1, 0.15) is 10.6 Å². The maximum atomic E-state index is 12.2. The zero-order valence-corrected chi connectivity index (χ0v) is 12.9. The fourth-order valence-corrected chi connectivity index (χ4v) is 2.61. The van der Waals surface area contributed by atoms with Crippen molar-refractivity contribution in [2.45, 2.75) is 0 Å². The Kier molecular flexibility index (Phi) is 4.15. The van der Waals surface area contributed by atoms with E-state index >= 15 is 0 Å². The first-order valence-electron chi connectivity index (χ1n) is 7.13. The molecule has 2 heterocycles. The van der Waals surface area contributed by atoms with Crippen LogP contribution in [0.4, 0.5) is 0 Å². The minimum absolute atomic E-state index is 0.00565. The number of hydrogen-bond donors (Lipinski definition) is 2. The fourth-order valence-electron chi connectivity index (χ4n) is 2.44. The van der Waals surface area contributed by atoms with Gasteiger partial charge in [-0.05, 0) is 18.2 Å². The third kappa shape index (κ3) is 3.14. The molecule has 0 bridgehead atoms. The minimum Gasteiger partial charge on any atom is -0.451 e. The standard InChI is InChI=1S/C15H16ClN3O3/c1-18-4-6-19(7-5-18)17-15(21)14-9-12(20)11-8-10(16)2-3-13(11)22-14/h2-3,8-9H,4-7H2,1H3,(H,17,21)/p+1. The van der Waals surface area contributed by atoms with Crippen molar-refractivity contribution in [2.75, 3.05) is 33.2 Å². The number of hydrazine groups is 1. The van der Waals surface area contributed by atoms with Gasteiger partial charge in [-0.15, -0.1) is 0 Å². The molecule has 0 radical (unpaired) electrons. The van der Waals surface area contributed by atoms with Gasteiger partial charge >= 0.3 is 5.91 Å². The Balaban J connectivity index is 1.82. The topological polar surface area (TPSA) is 67.0 Å². The van der Waals surface area contributed by atoms with Gasteiger partial charge in [0.2, 0.25) is 0 Å². The van der Waals surface area contributed by atoms with Crippen molar-refractivity contribution in [3.63, 3.8) is 0 Å². The Labute approximate surface area is 132 Å². The molecule has 0 spiro atoms. The van der Waals surface area contributed by atoms with Crippen molar-refractivity contribution in [1.29, 1.82) is 0 Å². The lowest BCUT2D eigenvalue weighted by atomic mass is 10.2. The molecule has 0 aliphatic carbocycles. The molecule has 1 saturated heterocycles. The van der Waals surface area contributed by atoms with E-state index in [0.29, 0.717) is 16.0 Å². The van der Waals surface area contributed by atoms with Crippen LogP contribution in [-0.2, 0) is 0 Å². The van der Waals surface area contributed by atoms with E-state index in [0.717, 1.165) is 26.2 Å². The van der Waals surface area contributed by atoms with Gasteiger partial charge in [0.05, 0.1) is 38.6 Å². The number of halogens is 1. The second-order valence-corrected chi connectivity index (χ2v) is 5.94. The summed E-state index contributed by atoms with van der Waals surface area (Å²) in [7, 11) is 2.12. The van der Waals surface area contributed by atoms with Gasteiger partial charge in [-0.25, -0.2) is 5.01 Å². The van der Waals surface area contributed by atoms with E-state index < -0.39 is 5.91 Å². The van der Waals surface area contributed by atoms with E-state index in [4.69, 9.17) is 16.0 Å². The van der Waals surface area contributed by atoms with Crippen LogP contribution in [0.5, 0.6) is 0 Å². The number of piperazine rings is 1. The third-order valence-corrected chi connectivity index (χ3v) is 4.02. The van der Waals surface area contributed by atoms with Gasteiger partial charge in [0.15, 0.2) is 11.2 Å². The molecular weight excluding hydrogens is 306 g/mol. The summed E-state index contributed by atoms with van der Waals surface area (Å²) < 4.78 is 5.52. The normalized spacial score (nSPS) is 16.8. The first-order chi connectivity index (χ1) is 10.5. The van der Waals surface area contributed by atoms with Crippen molar-refractivity contribution in [3.05, 3.63) is 45.3 Å². The number of nitrogens with zero attached hydrogens (tertiary/aromatic N) is 1. The number of carbonyl (C=O) groups excluding carboxylic acids is 1. The van der Waals surface area contributed by atoms with E-state index in [2.05, 4.69) is 12.5 Å². The predicted octanol–water partition coefficient (Wildman–Crippen LogP) is -0.0785. The molecule has 1 aliphatic heterocycles. The van der Waals surface area contributed by atoms with Gasteiger partial charge in [-0.1, -0.05) is 11.6 Å². The van der Waals surface area contributed by atoms with Crippen molar-refractivity contribution >= 4 is 28.5 Å². The van der Waals surface area contributed by atoms with E-state index in [1.165, 1.54) is 17.0 Å². The van der Waals surface area contributed by atoms with Gasteiger partial charge in [0.25, 0.3) is 0 Å². The molecular formula is C15H17ClN3O3+. The summed E-state index contributed by atoms with van der Waals surface area (Å²) in [4.78, 5) is 25.7. The molecule has 0 unspecified atom stereocenters. The summed E-state index contributed by atoms with van der Waals surface area (Å²) >= 11 is 5.87. The summed E-state index contributed by atoms with van der Waals surface area (Å²) in [6.45, 7) is 3.46. The van der Waals surface area contributed by atoms with Crippen LogP contribution in [0, 0.1) is 0 Å². The summed E-state index contributed by atoms with van der Waals surface area (Å²) in [6, 6.07) is 5.95. The maximum Gasteiger partial charge on any atom is 0.301 e. The molecule has 7 heteroatoms. The SMILES string of the molecule is C[NH+]1CCN(NC(=O)c2cc(=O)c3cc(Cl)ccc3o2)CC1. The molecule has 22 heavy (non-hydrogen) atoms. The molecule has 116 valence electrons. The smallest absolute Gasteiger partial charge is 0.301 e. The van der Waals surface area contributed by atoms with Crippen LogP contribution >= 0.6 is 11.6 Å². The van der Waals surface area contributed by atoms with E-state index in [1.54, 1.807) is 12.1 Å². The second kappa shape index (κ2) is 6.08. The lowest BCUT2D eigenvalue weighted by Crippen LogP contribution is -3.12. The molecule has 1 aliphatic rings. The molecule has 1 aromatic heterocycles. The summed E-state index contributed by atoms with van der Waals surface area (Å²) in [6.07, 6.45) is 0. The number of carbonyl (C=O) groups is 1.